The average molecular weight is 251 g/mol. The first-order valence-corrected chi connectivity index (χ1v) is 6.44. The molecule has 2 N–H and O–H groups in total. The first-order valence-electron chi connectivity index (χ1n) is 6.44. The quantitative estimate of drug-likeness (QED) is 0.852. The number of nitrogens with one attached hydrogen (secondary N) is 2. The Labute approximate surface area is 107 Å². The zero-order valence-electron chi connectivity index (χ0n) is 11.3. The van der Waals surface area contributed by atoms with Crippen LogP contribution in [0.15, 0.2) is 4.52 Å². The number of amides is 1. The topological polar surface area (TPSA) is 67.2 Å². The summed E-state index contributed by atoms with van der Waals surface area (Å²) in [6.07, 6.45) is 2.18. The van der Waals surface area contributed by atoms with Crippen LogP contribution < -0.4 is 10.6 Å². The number of carbonyl (C=O) groups excluding carboxylic acids is 1. The summed E-state index contributed by atoms with van der Waals surface area (Å²) in [5.74, 6) is 0.506. The molecule has 2 rings (SSSR count). The van der Waals surface area contributed by atoms with Crippen LogP contribution in [0.2, 0.25) is 0 Å². The van der Waals surface area contributed by atoms with Gasteiger partial charge in [-0.15, -0.1) is 0 Å². The van der Waals surface area contributed by atoms with E-state index >= 15 is 0 Å². The van der Waals surface area contributed by atoms with E-state index in [1.165, 1.54) is 0 Å². The molecule has 0 spiro atoms. The number of rotatable bonds is 3. The molecule has 1 amide bonds. The van der Waals surface area contributed by atoms with E-state index < -0.39 is 0 Å². The molecule has 0 unspecified atom stereocenters. The molecule has 1 aromatic rings. The van der Waals surface area contributed by atoms with Crippen molar-refractivity contribution < 1.29 is 9.32 Å². The van der Waals surface area contributed by atoms with Gasteiger partial charge < -0.3 is 15.2 Å². The highest BCUT2D eigenvalue weighted by Gasteiger charge is 2.28. The summed E-state index contributed by atoms with van der Waals surface area (Å²) < 4.78 is 5.01. The standard InChI is InChI=1S/C13H21N3O2/c1-9-11(10(2)18-16-9)12(17)15-8-13(3)4-6-14-7-5-13/h14H,4-8H2,1-3H3,(H,15,17). The van der Waals surface area contributed by atoms with E-state index in [-0.39, 0.29) is 11.3 Å². The Hall–Kier alpha value is -1.36. The molecule has 2 heterocycles. The predicted molar refractivity (Wildman–Crippen MR) is 68.5 cm³/mol. The lowest BCUT2D eigenvalue weighted by Gasteiger charge is -2.34. The normalized spacial score (nSPS) is 18.6. The number of aromatic nitrogens is 1. The molecular weight excluding hydrogens is 230 g/mol. The summed E-state index contributed by atoms with van der Waals surface area (Å²) >= 11 is 0. The fourth-order valence-corrected chi connectivity index (χ4v) is 2.40. The molecular formula is C13H21N3O2. The summed E-state index contributed by atoms with van der Waals surface area (Å²) in [7, 11) is 0. The molecule has 0 atom stereocenters. The lowest BCUT2D eigenvalue weighted by atomic mass is 9.81. The van der Waals surface area contributed by atoms with E-state index in [1.807, 2.05) is 0 Å². The Morgan fingerprint density at radius 3 is 2.67 bits per heavy atom. The van der Waals surface area contributed by atoms with Crippen molar-refractivity contribution in [2.45, 2.75) is 33.6 Å². The van der Waals surface area contributed by atoms with Gasteiger partial charge in [-0.2, -0.15) is 0 Å². The number of nitrogens with zero attached hydrogens (tertiary/aromatic N) is 1. The monoisotopic (exact) mass is 251 g/mol. The van der Waals surface area contributed by atoms with Gasteiger partial charge in [0, 0.05) is 6.54 Å². The molecule has 0 bridgehead atoms. The van der Waals surface area contributed by atoms with E-state index in [4.69, 9.17) is 4.52 Å². The van der Waals surface area contributed by atoms with Crippen LogP contribution in [0, 0.1) is 19.3 Å². The van der Waals surface area contributed by atoms with Gasteiger partial charge in [-0.05, 0) is 45.2 Å². The summed E-state index contributed by atoms with van der Waals surface area (Å²) in [5.41, 5.74) is 1.42. The minimum Gasteiger partial charge on any atom is -0.361 e. The fourth-order valence-electron chi connectivity index (χ4n) is 2.40. The van der Waals surface area contributed by atoms with Crippen molar-refractivity contribution in [3.63, 3.8) is 0 Å². The first-order chi connectivity index (χ1) is 8.52. The lowest BCUT2D eigenvalue weighted by molar-refractivity contribution is 0.0920. The van der Waals surface area contributed by atoms with Crippen molar-refractivity contribution in [1.82, 2.24) is 15.8 Å². The maximum atomic E-state index is 12.1. The van der Waals surface area contributed by atoms with Gasteiger partial charge in [0.05, 0.1) is 5.69 Å². The van der Waals surface area contributed by atoms with Crippen molar-refractivity contribution >= 4 is 5.91 Å². The Morgan fingerprint density at radius 2 is 2.11 bits per heavy atom. The van der Waals surface area contributed by atoms with Crippen molar-refractivity contribution in [3.05, 3.63) is 17.0 Å². The number of hydrogen-bond acceptors (Lipinski definition) is 4. The molecule has 0 radical (unpaired) electrons. The van der Waals surface area contributed by atoms with Gasteiger partial charge in [0.25, 0.3) is 5.91 Å². The van der Waals surface area contributed by atoms with Crippen molar-refractivity contribution in [3.8, 4) is 0 Å². The minimum atomic E-state index is -0.0778. The average Bonchev–Trinajstić information content (AvgIpc) is 2.67. The molecule has 5 nitrogen and oxygen atoms in total. The largest absolute Gasteiger partial charge is 0.361 e. The van der Waals surface area contributed by atoms with E-state index in [1.54, 1.807) is 13.8 Å². The molecule has 1 fully saturated rings. The summed E-state index contributed by atoms with van der Waals surface area (Å²) in [5, 5.41) is 10.1. The molecule has 1 aromatic heterocycles. The van der Waals surface area contributed by atoms with Crippen LogP contribution in [0.25, 0.3) is 0 Å². The lowest BCUT2D eigenvalue weighted by Crippen LogP contribution is -2.43. The number of hydrogen-bond donors (Lipinski definition) is 2. The molecule has 0 aromatic carbocycles. The Morgan fingerprint density at radius 1 is 1.44 bits per heavy atom. The van der Waals surface area contributed by atoms with Gasteiger partial charge in [-0.1, -0.05) is 12.1 Å². The Bertz CT molecular complexity index is 414. The van der Waals surface area contributed by atoms with Gasteiger partial charge >= 0.3 is 0 Å². The highest BCUT2D eigenvalue weighted by Crippen LogP contribution is 2.26. The van der Waals surface area contributed by atoms with Crippen molar-refractivity contribution in [2.75, 3.05) is 19.6 Å². The van der Waals surface area contributed by atoms with Crippen molar-refractivity contribution in [2.24, 2.45) is 5.41 Å². The number of piperidine rings is 1. The zero-order valence-corrected chi connectivity index (χ0v) is 11.3. The van der Waals surface area contributed by atoms with Gasteiger partial charge in [0.2, 0.25) is 0 Å². The fraction of sp³-hybridized carbons (Fsp3) is 0.692. The van der Waals surface area contributed by atoms with Crippen LogP contribution in [0.5, 0.6) is 0 Å². The van der Waals surface area contributed by atoms with E-state index in [0.717, 1.165) is 25.9 Å². The van der Waals surface area contributed by atoms with Crippen LogP contribution >= 0.6 is 0 Å². The second-order valence-corrected chi connectivity index (χ2v) is 5.44. The SMILES string of the molecule is Cc1noc(C)c1C(=O)NCC1(C)CCNCC1. The third-order valence-electron chi connectivity index (χ3n) is 3.75. The predicted octanol–water partition coefficient (Wildman–Crippen LogP) is 1.41. The van der Waals surface area contributed by atoms with Gasteiger partial charge in [0.15, 0.2) is 0 Å². The summed E-state index contributed by atoms with van der Waals surface area (Å²) in [6.45, 7) is 8.53. The molecule has 1 aliphatic rings. The van der Waals surface area contributed by atoms with E-state index in [0.29, 0.717) is 23.6 Å². The van der Waals surface area contributed by atoms with Crippen LogP contribution in [0.3, 0.4) is 0 Å². The van der Waals surface area contributed by atoms with Gasteiger partial charge in [0.1, 0.15) is 11.3 Å². The second kappa shape index (κ2) is 5.10. The zero-order chi connectivity index (χ0) is 13.2. The molecule has 1 saturated heterocycles. The van der Waals surface area contributed by atoms with Gasteiger partial charge in [-0.3, -0.25) is 4.79 Å². The maximum Gasteiger partial charge on any atom is 0.256 e. The van der Waals surface area contributed by atoms with Gasteiger partial charge in [-0.25, -0.2) is 0 Å². The van der Waals surface area contributed by atoms with Crippen LogP contribution in [-0.4, -0.2) is 30.7 Å². The number of carbonyl (C=O) groups is 1. The smallest absolute Gasteiger partial charge is 0.256 e. The highest BCUT2D eigenvalue weighted by atomic mass is 16.5. The first kappa shape index (κ1) is 13.1. The molecule has 1 aliphatic heterocycles. The van der Waals surface area contributed by atoms with Crippen LogP contribution in [-0.2, 0) is 0 Å². The molecule has 18 heavy (non-hydrogen) atoms. The van der Waals surface area contributed by atoms with Crippen molar-refractivity contribution in [1.29, 1.82) is 0 Å². The molecule has 0 aliphatic carbocycles. The maximum absolute atomic E-state index is 12.1. The molecule has 5 heteroatoms. The third-order valence-corrected chi connectivity index (χ3v) is 3.75. The van der Waals surface area contributed by atoms with Crippen LogP contribution in [0.1, 0.15) is 41.6 Å². The van der Waals surface area contributed by atoms with E-state index in [2.05, 4.69) is 22.7 Å². The highest BCUT2D eigenvalue weighted by molar-refractivity contribution is 5.96. The Kier molecular flexibility index (Phi) is 3.71. The minimum absolute atomic E-state index is 0.0778. The van der Waals surface area contributed by atoms with E-state index in [9.17, 15) is 4.79 Å². The number of aryl methyl sites for hydroxylation is 2. The summed E-state index contributed by atoms with van der Waals surface area (Å²) in [6, 6.07) is 0. The molecule has 0 saturated carbocycles. The third kappa shape index (κ3) is 2.72. The Balaban J connectivity index is 1.96. The van der Waals surface area contributed by atoms with Crippen LogP contribution in [0.4, 0.5) is 0 Å². The summed E-state index contributed by atoms with van der Waals surface area (Å²) in [4.78, 5) is 12.1. The molecule has 100 valence electrons. The second-order valence-electron chi connectivity index (χ2n) is 5.44.